The van der Waals surface area contributed by atoms with Gasteiger partial charge >= 0.3 is 5.97 Å². The molecule has 0 saturated heterocycles. The van der Waals surface area contributed by atoms with Crippen LogP contribution in [0.2, 0.25) is 0 Å². The number of benzene rings is 1. The van der Waals surface area contributed by atoms with Gasteiger partial charge in [0.05, 0.1) is 17.4 Å². The minimum absolute atomic E-state index is 0.0275. The normalized spacial score (nSPS) is 24.2. The molecule has 196 valence electrons. The number of ether oxygens (including phenoxy) is 1. The lowest BCUT2D eigenvalue weighted by atomic mass is 9.62. The maximum Gasteiger partial charge on any atom is 0.310 e. The first-order valence-electron chi connectivity index (χ1n) is 12.0. The molecular weight excluding hydrogens is 470 g/mol. The fourth-order valence-corrected chi connectivity index (χ4v) is 4.75. The summed E-state index contributed by atoms with van der Waals surface area (Å²) in [6.45, 7) is 11.6. The Morgan fingerprint density at radius 3 is 2.11 bits per heavy atom. The van der Waals surface area contributed by atoms with Gasteiger partial charge in [-0.2, -0.15) is 0 Å². The number of Topliss-reactive ketones (excluding diaryl/α,β-unsaturated/α-hetero) is 1. The number of aliphatic hydroxyl groups excluding tert-OH is 1. The fourth-order valence-electron chi connectivity index (χ4n) is 4.75. The molecule has 2 bridgehead atoms. The van der Waals surface area contributed by atoms with Gasteiger partial charge in [-0.1, -0.05) is 51.1 Å². The van der Waals surface area contributed by atoms with Crippen LogP contribution in [0.4, 0.5) is 0 Å². The molecule has 0 spiro atoms. The maximum atomic E-state index is 12.8. The van der Waals surface area contributed by atoms with E-state index in [0.29, 0.717) is 0 Å². The first-order valence-corrected chi connectivity index (χ1v) is 12.0. The molecule has 1 N–H and O–H groups in total. The molecule has 0 amide bonds. The van der Waals surface area contributed by atoms with Crippen LogP contribution in [-0.4, -0.2) is 63.9 Å². The van der Waals surface area contributed by atoms with Crippen molar-refractivity contribution in [2.24, 2.45) is 17.8 Å². The summed E-state index contributed by atoms with van der Waals surface area (Å²) < 4.78 is 4.90. The van der Waals surface area contributed by atoms with Gasteiger partial charge in [0.2, 0.25) is 6.04 Å². The number of allylic oxidation sites excluding steroid dienone is 1. The number of hydrogen-bond acceptors (Lipinski definition) is 9. The van der Waals surface area contributed by atoms with Crippen molar-refractivity contribution >= 4 is 17.5 Å². The van der Waals surface area contributed by atoms with Crippen LogP contribution in [0.25, 0.3) is 5.76 Å². The van der Waals surface area contributed by atoms with Crippen LogP contribution in [0, 0.1) is 38.0 Å². The number of esters is 1. The Kier molecular flexibility index (Phi) is 10.3. The lowest BCUT2D eigenvalue weighted by molar-refractivity contribution is -0.550. The topological polar surface area (TPSA) is 153 Å². The number of fused-ring (bicyclic) bond motifs is 2. The van der Waals surface area contributed by atoms with E-state index in [-0.39, 0.29) is 17.7 Å². The Morgan fingerprint density at radius 2 is 1.67 bits per heavy atom. The van der Waals surface area contributed by atoms with Crippen molar-refractivity contribution < 1.29 is 29.3 Å². The number of ketones is 1. The Balaban J connectivity index is 0.000000572. The van der Waals surface area contributed by atoms with E-state index in [1.807, 2.05) is 0 Å². The van der Waals surface area contributed by atoms with Crippen LogP contribution in [0.3, 0.4) is 0 Å². The number of carbonyl (C=O) groups is 2. The highest BCUT2D eigenvalue weighted by molar-refractivity contribution is 5.93. The van der Waals surface area contributed by atoms with Gasteiger partial charge in [-0.05, 0) is 26.6 Å². The smallest absolute Gasteiger partial charge is 0.310 e. The van der Waals surface area contributed by atoms with Gasteiger partial charge in [0.15, 0.2) is 0 Å². The summed E-state index contributed by atoms with van der Waals surface area (Å²) in [6, 6.07) is 6.19. The summed E-state index contributed by atoms with van der Waals surface area (Å²) in [5.41, 5.74) is -0.513. The predicted molar refractivity (Wildman–Crippen MR) is 132 cm³/mol. The molecule has 0 aromatic heterocycles. The molecule has 2 aliphatic carbocycles. The number of nitro groups is 2. The zero-order valence-electron chi connectivity index (χ0n) is 21.0. The van der Waals surface area contributed by atoms with Gasteiger partial charge in [-0.15, -0.1) is 0 Å². The molecule has 4 atom stereocenters. The van der Waals surface area contributed by atoms with Crippen LogP contribution in [0.1, 0.15) is 39.7 Å². The molecule has 0 radical (unpaired) electrons. The second-order valence-electron chi connectivity index (χ2n) is 8.42. The van der Waals surface area contributed by atoms with Crippen molar-refractivity contribution in [2.45, 2.75) is 40.2 Å². The molecule has 1 aromatic carbocycles. The Morgan fingerprint density at radius 1 is 1.08 bits per heavy atom. The second kappa shape index (κ2) is 12.9. The van der Waals surface area contributed by atoms with E-state index in [0.717, 1.165) is 6.08 Å². The summed E-state index contributed by atoms with van der Waals surface area (Å²) in [4.78, 5) is 49.5. The Hall–Kier alpha value is -3.60. The van der Waals surface area contributed by atoms with Crippen molar-refractivity contribution in [1.82, 2.24) is 4.90 Å². The van der Waals surface area contributed by atoms with Gasteiger partial charge in [0.25, 0.3) is 5.70 Å². The molecule has 0 heterocycles. The van der Waals surface area contributed by atoms with Crippen molar-refractivity contribution in [2.75, 3.05) is 26.2 Å². The van der Waals surface area contributed by atoms with Gasteiger partial charge in [-0.25, -0.2) is 0 Å². The average Bonchev–Trinajstić information content (AvgIpc) is 2.87. The first kappa shape index (κ1) is 28.6. The number of aliphatic hydroxyl groups is 1. The summed E-state index contributed by atoms with van der Waals surface area (Å²) in [5.74, 6) is -6.13. The minimum atomic E-state index is -1.75. The van der Waals surface area contributed by atoms with E-state index in [9.17, 15) is 34.9 Å². The van der Waals surface area contributed by atoms with E-state index in [1.54, 1.807) is 18.2 Å². The Labute approximate surface area is 209 Å². The molecule has 36 heavy (non-hydrogen) atoms. The molecule has 3 rings (SSSR count). The van der Waals surface area contributed by atoms with E-state index in [1.165, 1.54) is 38.7 Å². The van der Waals surface area contributed by atoms with Crippen LogP contribution in [-0.2, 0) is 14.3 Å². The monoisotopic (exact) mass is 503 g/mol. The molecule has 1 aromatic rings. The third-order valence-electron chi connectivity index (χ3n) is 6.60. The van der Waals surface area contributed by atoms with E-state index < -0.39 is 63.3 Å². The number of hydrogen-bond donors (Lipinski definition) is 1. The van der Waals surface area contributed by atoms with Crippen LogP contribution < -0.4 is 0 Å². The molecule has 1 fully saturated rings. The van der Waals surface area contributed by atoms with Gasteiger partial charge in [0, 0.05) is 28.6 Å². The quantitative estimate of drug-likeness (QED) is 0.243. The molecule has 1 saturated carbocycles. The van der Waals surface area contributed by atoms with Crippen LogP contribution in [0.5, 0.6) is 0 Å². The molecule has 4 unspecified atom stereocenters. The maximum absolute atomic E-state index is 12.8. The highest BCUT2D eigenvalue weighted by Crippen LogP contribution is 2.47. The zero-order valence-corrected chi connectivity index (χ0v) is 21.0. The number of carbonyl (C=O) groups excluding carboxylic acids is 2. The molecule has 11 nitrogen and oxygen atoms in total. The van der Waals surface area contributed by atoms with Crippen LogP contribution >= 0.6 is 0 Å². The standard InChI is InChI=1S/C19H18N2O8.C6H15N/c1-2-29-19(24)12-9-14(22)16-11(18(23)10-6-4-3-5-7-10)8-13(20(25)26)15(12)17(16)21(27)28;1-4-7(5-2)6-3/h3-8,12,15-17,23H,2,9H2,1H3;4-6H2,1-3H3/b18-11-;. The van der Waals surface area contributed by atoms with Gasteiger partial charge in [0.1, 0.15) is 23.4 Å². The average molecular weight is 504 g/mol. The summed E-state index contributed by atoms with van der Waals surface area (Å²) in [6.07, 6.45) is 0.552. The summed E-state index contributed by atoms with van der Waals surface area (Å²) >= 11 is 0. The first-order chi connectivity index (χ1) is 17.1. The SMILES string of the molecule is CCN(CC)CC.CCOC(=O)C1CC(=O)C2/C(=C(\O)c3ccccc3)C=C([N+](=O)[O-])C1C2[N+](=O)[O-]. The second-order valence-corrected chi connectivity index (χ2v) is 8.42. The molecule has 11 heteroatoms. The predicted octanol–water partition coefficient (Wildman–Crippen LogP) is 3.51. The van der Waals surface area contributed by atoms with Crippen molar-refractivity contribution in [1.29, 1.82) is 0 Å². The molecule has 0 aliphatic heterocycles. The summed E-state index contributed by atoms with van der Waals surface area (Å²) in [5, 5.41) is 34.2. The third kappa shape index (κ3) is 6.14. The van der Waals surface area contributed by atoms with Crippen molar-refractivity contribution in [3.05, 3.63) is 73.5 Å². The fraction of sp³-hybridized carbons (Fsp3) is 0.520. The lowest BCUT2D eigenvalue weighted by Gasteiger charge is -2.37. The van der Waals surface area contributed by atoms with Gasteiger partial charge in [-0.3, -0.25) is 29.8 Å². The largest absolute Gasteiger partial charge is 0.507 e. The highest BCUT2D eigenvalue weighted by Gasteiger charge is 2.62. The molecule has 2 aliphatic rings. The number of nitrogens with zero attached hydrogens (tertiary/aromatic N) is 3. The van der Waals surface area contributed by atoms with E-state index >= 15 is 0 Å². The third-order valence-corrected chi connectivity index (χ3v) is 6.60. The minimum Gasteiger partial charge on any atom is -0.507 e. The van der Waals surface area contributed by atoms with Crippen LogP contribution in [0.15, 0.2) is 47.7 Å². The Bertz CT molecular complexity index is 1030. The van der Waals surface area contributed by atoms with E-state index in [2.05, 4.69) is 25.7 Å². The summed E-state index contributed by atoms with van der Waals surface area (Å²) in [7, 11) is 0. The van der Waals surface area contributed by atoms with Crippen molar-refractivity contribution in [3.8, 4) is 0 Å². The highest BCUT2D eigenvalue weighted by atomic mass is 16.6. The molecular formula is C25H33N3O8. The van der Waals surface area contributed by atoms with Gasteiger partial charge < -0.3 is 14.7 Å². The lowest BCUT2D eigenvalue weighted by Crippen LogP contribution is -2.55. The van der Waals surface area contributed by atoms with Crippen molar-refractivity contribution in [3.63, 3.8) is 0 Å². The zero-order chi connectivity index (χ0) is 27.0. The number of rotatable bonds is 8. The van der Waals surface area contributed by atoms with E-state index in [4.69, 9.17) is 4.74 Å².